The maximum absolute atomic E-state index is 3.91. The zero-order chi connectivity index (χ0) is 13.1. The third-order valence-corrected chi connectivity index (χ3v) is 5.40. The minimum absolute atomic E-state index is 0.791. The SMILES string of the molecule is CCCC1CC(NC2CC2)CN(C2CCCCC2)C1. The van der Waals surface area contributed by atoms with Crippen molar-refractivity contribution in [2.75, 3.05) is 13.1 Å². The van der Waals surface area contributed by atoms with Crippen molar-refractivity contribution >= 4 is 0 Å². The van der Waals surface area contributed by atoms with Gasteiger partial charge in [0.25, 0.3) is 0 Å². The molecule has 2 unspecified atom stereocenters. The number of hydrogen-bond acceptors (Lipinski definition) is 2. The molecule has 2 atom stereocenters. The molecule has 1 N–H and O–H groups in total. The fourth-order valence-corrected chi connectivity index (χ4v) is 4.31. The highest BCUT2D eigenvalue weighted by atomic mass is 15.2. The zero-order valence-corrected chi connectivity index (χ0v) is 12.7. The molecule has 0 bridgehead atoms. The first-order valence-corrected chi connectivity index (χ1v) is 8.85. The Labute approximate surface area is 119 Å². The molecule has 0 aromatic carbocycles. The number of hydrogen-bond donors (Lipinski definition) is 1. The van der Waals surface area contributed by atoms with Gasteiger partial charge in [0.15, 0.2) is 0 Å². The molecule has 0 spiro atoms. The van der Waals surface area contributed by atoms with Crippen LogP contribution in [0, 0.1) is 5.92 Å². The van der Waals surface area contributed by atoms with Crippen molar-refractivity contribution in [2.24, 2.45) is 5.92 Å². The van der Waals surface area contributed by atoms with Crippen LogP contribution in [0.3, 0.4) is 0 Å². The van der Waals surface area contributed by atoms with Crippen LogP contribution in [0.1, 0.15) is 71.1 Å². The highest BCUT2D eigenvalue weighted by Gasteiger charge is 2.34. The van der Waals surface area contributed by atoms with Crippen LogP contribution in [-0.4, -0.2) is 36.1 Å². The highest BCUT2D eigenvalue weighted by molar-refractivity contribution is 4.92. The van der Waals surface area contributed by atoms with Gasteiger partial charge in [-0.1, -0.05) is 32.6 Å². The average Bonchev–Trinajstić information content (AvgIpc) is 3.24. The van der Waals surface area contributed by atoms with Gasteiger partial charge in [-0.15, -0.1) is 0 Å². The van der Waals surface area contributed by atoms with Crippen LogP contribution in [0.2, 0.25) is 0 Å². The Morgan fingerprint density at radius 3 is 2.42 bits per heavy atom. The van der Waals surface area contributed by atoms with Gasteiger partial charge in [-0.05, 0) is 44.4 Å². The first-order valence-electron chi connectivity index (χ1n) is 8.85. The second-order valence-electron chi connectivity index (χ2n) is 7.27. The molecule has 3 aliphatic rings. The molecule has 2 nitrogen and oxygen atoms in total. The fourth-order valence-electron chi connectivity index (χ4n) is 4.31. The summed E-state index contributed by atoms with van der Waals surface area (Å²) < 4.78 is 0. The maximum atomic E-state index is 3.91. The van der Waals surface area contributed by atoms with Crippen molar-refractivity contribution in [1.29, 1.82) is 0 Å². The Bertz CT molecular complexity index is 268. The standard InChI is InChI=1S/C17H32N2/c1-2-6-14-11-16(18-15-9-10-15)13-19(12-14)17-7-4-3-5-8-17/h14-18H,2-13H2,1H3. The van der Waals surface area contributed by atoms with Crippen LogP contribution in [0.15, 0.2) is 0 Å². The summed E-state index contributed by atoms with van der Waals surface area (Å²) in [6, 6.07) is 2.58. The van der Waals surface area contributed by atoms with Crippen molar-refractivity contribution in [2.45, 2.75) is 89.3 Å². The summed E-state index contributed by atoms with van der Waals surface area (Å²) in [6.07, 6.45) is 14.5. The van der Waals surface area contributed by atoms with E-state index in [4.69, 9.17) is 0 Å². The van der Waals surface area contributed by atoms with Crippen LogP contribution >= 0.6 is 0 Å². The number of nitrogens with zero attached hydrogens (tertiary/aromatic N) is 1. The predicted octanol–water partition coefficient (Wildman–Crippen LogP) is 3.56. The number of likely N-dealkylation sites (tertiary alicyclic amines) is 1. The maximum Gasteiger partial charge on any atom is 0.0200 e. The third kappa shape index (κ3) is 3.95. The minimum Gasteiger partial charge on any atom is -0.310 e. The average molecular weight is 264 g/mol. The predicted molar refractivity (Wildman–Crippen MR) is 81.4 cm³/mol. The third-order valence-electron chi connectivity index (χ3n) is 5.40. The van der Waals surface area contributed by atoms with Gasteiger partial charge in [0, 0.05) is 31.2 Å². The smallest absolute Gasteiger partial charge is 0.0200 e. The van der Waals surface area contributed by atoms with Crippen LogP contribution in [-0.2, 0) is 0 Å². The molecule has 0 aromatic heterocycles. The van der Waals surface area contributed by atoms with Gasteiger partial charge >= 0.3 is 0 Å². The molecule has 3 rings (SSSR count). The summed E-state index contributed by atoms with van der Waals surface area (Å²) in [5.74, 6) is 0.955. The van der Waals surface area contributed by atoms with E-state index >= 15 is 0 Å². The molecule has 1 saturated heterocycles. The second-order valence-corrected chi connectivity index (χ2v) is 7.27. The van der Waals surface area contributed by atoms with Gasteiger partial charge in [0.2, 0.25) is 0 Å². The second kappa shape index (κ2) is 6.58. The van der Waals surface area contributed by atoms with E-state index < -0.39 is 0 Å². The van der Waals surface area contributed by atoms with Gasteiger partial charge in [-0.3, -0.25) is 4.90 Å². The summed E-state index contributed by atoms with van der Waals surface area (Å²) in [5.41, 5.74) is 0. The van der Waals surface area contributed by atoms with Crippen molar-refractivity contribution < 1.29 is 0 Å². The van der Waals surface area contributed by atoms with Crippen LogP contribution in [0.25, 0.3) is 0 Å². The lowest BCUT2D eigenvalue weighted by Crippen LogP contribution is -2.53. The Morgan fingerprint density at radius 1 is 0.947 bits per heavy atom. The van der Waals surface area contributed by atoms with Gasteiger partial charge < -0.3 is 5.32 Å². The Balaban J connectivity index is 1.57. The van der Waals surface area contributed by atoms with Crippen molar-refractivity contribution in [3.63, 3.8) is 0 Å². The fraction of sp³-hybridized carbons (Fsp3) is 1.00. The largest absolute Gasteiger partial charge is 0.310 e. The van der Waals surface area contributed by atoms with E-state index in [0.717, 1.165) is 24.0 Å². The molecule has 3 fully saturated rings. The molecule has 2 saturated carbocycles. The molecular formula is C17H32N2. The molecule has 2 aliphatic carbocycles. The monoisotopic (exact) mass is 264 g/mol. The lowest BCUT2D eigenvalue weighted by Gasteiger charge is -2.43. The van der Waals surface area contributed by atoms with Gasteiger partial charge in [0.05, 0.1) is 0 Å². The molecule has 1 aliphatic heterocycles. The van der Waals surface area contributed by atoms with E-state index in [1.165, 1.54) is 77.3 Å². The van der Waals surface area contributed by atoms with Crippen LogP contribution in [0.5, 0.6) is 0 Å². The van der Waals surface area contributed by atoms with E-state index in [1.54, 1.807) is 0 Å². The molecule has 1 heterocycles. The Kier molecular flexibility index (Phi) is 4.81. The molecule has 0 aromatic rings. The summed E-state index contributed by atoms with van der Waals surface area (Å²) in [7, 11) is 0. The summed E-state index contributed by atoms with van der Waals surface area (Å²) in [4.78, 5) is 2.86. The lowest BCUT2D eigenvalue weighted by atomic mass is 9.86. The van der Waals surface area contributed by atoms with E-state index in [9.17, 15) is 0 Å². The van der Waals surface area contributed by atoms with Gasteiger partial charge in [-0.25, -0.2) is 0 Å². The van der Waals surface area contributed by atoms with Gasteiger partial charge in [-0.2, -0.15) is 0 Å². The minimum atomic E-state index is 0.791. The van der Waals surface area contributed by atoms with Crippen molar-refractivity contribution in [3.05, 3.63) is 0 Å². The summed E-state index contributed by atoms with van der Waals surface area (Å²) in [6.45, 7) is 5.08. The highest BCUT2D eigenvalue weighted by Crippen LogP contribution is 2.30. The molecular weight excluding hydrogens is 232 g/mol. The van der Waals surface area contributed by atoms with Crippen LogP contribution < -0.4 is 5.32 Å². The topological polar surface area (TPSA) is 15.3 Å². The van der Waals surface area contributed by atoms with E-state index in [-0.39, 0.29) is 0 Å². The molecule has 0 radical (unpaired) electrons. The molecule has 110 valence electrons. The number of piperidine rings is 1. The van der Waals surface area contributed by atoms with E-state index in [2.05, 4.69) is 17.1 Å². The number of rotatable bonds is 5. The first-order chi connectivity index (χ1) is 9.35. The molecule has 19 heavy (non-hydrogen) atoms. The first kappa shape index (κ1) is 13.9. The molecule has 0 amide bonds. The molecule has 2 heteroatoms. The van der Waals surface area contributed by atoms with Crippen molar-refractivity contribution in [1.82, 2.24) is 10.2 Å². The van der Waals surface area contributed by atoms with Gasteiger partial charge in [0.1, 0.15) is 0 Å². The lowest BCUT2D eigenvalue weighted by molar-refractivity contribution is 0.0739. The number of nitrogens with one attached hydrogen (secondary N) is 1. The quantitative estimate of drug-likeness (QED) is 0.817. The Hall–Kier alpha value is -0.0800. The van der Waals surface area contributed by atoms with E-state index in [1.807, 2.05) is 0 Å². The van der Waals surface area contributed by atoms with E-state index in [0.29, 0.717) is 0 Å². The normalized spacial score (nSPS) is 34.6. The van der Waals surface area contributed by atoms with Crippen molar-refractivity contribution in [3.8, 4) is 0 Å². The zero-order valence-electron chi connectivity index (χ0n) is 12.7. The Morgan fingerprint density at radius 2 is 1.74 bits per heavy atom. The van der Waals surface area contributed by atoms with Crippen LogP contribution in [0.4, 0.5) is 0 Å². The summed E-state index contributed by atoms with van der Waals surface area (Å²) >= 11 is 0. The summed E-state index contributed by atoms with van der Waals surface area (Å²) in [5, 5.41) is 3.91.